The van der Waals surface area contributed by atoms with E-state index in [0.29, 0.717) is 23.7 Å². The third-order valence-corrected chi connectivity index (χ3v) is 7.08. The number of nitrogens with zero attached hydrogens (tertiary/aromatic N) is 1. The van der Waals surface area contributed by atoms with E-state index in [1.54, 1.807) is 0 Å². The van der Waals surface area contributed by atoms with E-state index in [9.17, 15) is 0 Å². The summed E-state index contributed by atoms with van der Waals surface area (Å²) in [5.74, 6) is 1.94. The predicted molar refractivity (Wildman–Crippen MR) is 161 cm³/mol. The maximum Gasteiger partial charge on any atom is 2.00 e. The molecule has 0 amide bonds. The third kappa shape index (κ3) is 10.3. The molecule has 0 fully saturated rings. The first-order chi connectivity index (χ1) is 17.7. The largest absolute Gasteiger partial charge is 2.00 e. The second-order valence-corrected chi connectivity index (χ2v) is 11.3. The standard InChI is InChI=1S/C33H48N4.2ClH.Co/c1-22(2)27-13-9-14-28(23(3)4)32(27)36-19-18-34-21-31-26(12-11-17-35-31)20-37-33-29(24(5)6)15-10-16-30(33)25(7)8;;;/h9-17,22-25,34,36-37H,18-21H2,1-8H3;2*1H;/q;;;+2/p-2. The first kappa shape index (κ1) is 38.2. The van der Waals surface area contributed by atoms with Gasteiger partial charge in [-0.05, 0) is 57.6 Å². The van der Waals surface area contributed by atoms with Crippen LogP contribution < -0.4 is 40.8 Å². The third-order valence-electron chi connectivity index (χ3n) is 7.08. The van der Waals surface area contributed by atoms with Gasteiger partial charge in [0, 0.05) is 43.8 Å². The molecule has 7 heteroatoms. The van der Waals surface area contributed by atoms with Crippen LogP contribution in [-0.2, 0) is 29.9 Å². The maximum absolute atomic E-state index is 4.71. The summed E-state index contributed by atoms with van der Waals surface area (Å²) in [6.45, 7) is 21.4. The molecule has 1 heterocycles. The van der Waals surface area contributed by atoms with Crippen molar-refractivity contribution in [3.63, 3.8) is 0 Å². The van der Waals surface area contributed by atoms with Crippen LogP contribution >= 0.6 is 0 Å². The van der Waals surface area contributed by atoms with E-state index in [2.05, 4.69) is 114 Å². The first-order valence-corrected chi connectivity index (χ1v) is 14.1. The summed E-state index contributed by atoms with van der Waals surface area (Å²) in [6.07, 6.45) is 1.90. The second-order valence-electron chi connectivity index (χ2n) is 11.3. The Kier molecular flexibility index (Phi) is 17.8. The van der Waals surface area contributed by atoms with Gasteiger partial charge in [0.2, 0.25) is 0 Å². The molecule has 223 valence electrons. The molecule has 3 N–H and O–H groups in total. The number of hydrogen-bond acceptors (Lipinski definition) is 4. The van der Waals surface area contributed by atoms with Crippen LogP contribution in [0.3, 0.4) is 0 Å². The Labute approximate surface area is 266 Å². The molecule has 3 rings (SSSR count). The molecule has 0 atom stereocenters. The molecule has 0 spiro atoms. The molecular formula is C33H48Cl2CoN4. The molecule has 2 aromatic carbocycles. The number of rotatable bonds is 13. The van der Waals surface area contributed by atoms with E-state index in [0.717, 1.165) is 31.9 Å². The SMILES string of the molecule is CC(C)c1cccc(C(C)C)c1NCCNCc1ncccc1CNc1c(C(C)C)cccc1C(C)C.[Cl-].[Cl-].[Co+2]. The first-order valence-electron chi connectivity index (χ1n) is 14.1. The van der Waals surface area contributed by atoms with Crippen molar-refractivity contribution in [2.75, 3.05) is 23.7 Å². The molecule has 0 aliphatic heterocycles. The number of pyridine rings is 1. The number of aromatic nitrogens is 1. The minimum absolute atomic E-state index is 0. The summed E-state index contributed by atoms with van der Waals surface area (Å²) >= 11 is 0. The Morgan fingerprint density at radius 3 is 1.48 bits per heavy atom. The number of benzene rings is 2. The Hall–Kier alpha value is -1.76. The minimum atomic E-state index is 0. The zero-order chi connectivity index (χ0) is 26.9. The molecule has 1 aromatic heterocycles. The van der Waals surface area contributed by atoms with Gasteiger partial charge in [-0.3, -0.25) is 4.98 Å². The number of anilines is 2. The summed E-state index contributed by atoms with van der Waals surface area (Å²) in [6, 6.07) is 17.6. The van der Waals surface area contributed by atoms with Crippen LogP contribution in [0.15, 0.2) is 54.7 Å². The van der Waals surface area contributed by atoms with Crippen molar-refractivity contribution in [3.05, 3.63) is 88.2 Å². The van der Waals surface area contributed by atoms with Crippen molar-refractivity contribution in [1.29, 1.82) is 0 Å². The van der Waals surface area contributed by atoms with Gasteiger partial charge in [0.25, 0.3) is 0 Å². The quantitative estimate of drug-likeness (QED) is 0.254. The van der Waals surface area contributed by atoms with E-state index < -0.39 is 0 Å². The molecule has 0 aliphatic carbocycles. The van der Waals surface area contributed by atoms with E-state index in [4.69, 9.17) is 4.98 Å². The Balaban J connectivity index is 0.00000507. The molecule has 1 radical (unpaired) electrons. The Morgan fingerprint density at radius 2 is 1.02 bits per heavy atom. The van der Waals surface area contributed by atoms with Gasteiger partial charge in [0.15, 0.2) is 0 Å². The molecule has 3 aromatic rings. The van der Waals surface area contributed by atoms with Crippen LogP contribution in [0.4, 0.5) is 11.4 Å². The van der Waals surface area contributed by atoms with Crippen LogP contribution in [0.2, 0.25) is 0 Å². The number of nitrogens with one attached hydrogen (secondary N) is 3. The smallest absolute Gasteiger partial charge is 1.00 e. The zero-order valence-electron chi connectivity index (χ0n) is 25.4. The van der Waals surface area contributed by atoms with E-state index in [-0.39, 0.29) is 41.6 Å². The average molecular weight is 631 g/mol. The molecular weight excluding hydrogens is 582 g/mol. The minimum Gasteiger partial charge on any atom is -1.00 e. The number of hydrogen-bond donors (Lipinski definition) is 3. The van der Waals surface area contributed by atoms with Gasteiger partial charge in [0.1, 0.15) is 0 Å². The van der Waals surface area contributed by atoms with Crippen LogP contribution in [0, 0.1) is 0 Å². The fraction of sp³-hybridized carbons (Fsp3) is 0.485. The van der Waals surface area contributed by atoms with Gasteiger partial charge in [0.05, 0.1) is 5.69 Å². The molecule has 4 nitrogen and oxygen atoms in total. The summed E-state index contributed by atoms with van der Waals surface area (Å²) in [4.78, 5) is 4.71. The zero-order valence-corrected chi connectivity index (χ0v) is 27.9. The van der Waals surface area contributed by atoms with Crippen molar-refractivity contribution in [2.45, 2.75) is 92.2 Å². The Morgan fingerprint density at radius 1 is 0.575 bits per heavy atom. The maximum atomic E-state index is 4.71. The second kappa shape index (κ2) is 18.6. The van der Waals surface area contributed by atoms with Gasteiger partial charge in [-0.1, -0.05) is 97.9 Å². The van der Waals surface area contributed by atoms with Crippen molar-refractivity contribution >= 4 is 11.4 Å². The van der Waals surface area contributed by atoms with E-state index >= 15 is 0 Å². The molecule has 0 unspecified atom stereocenters. The van der Waals surface area contributed by atoms with Crippen LogP contribution in [0.5, 0.6) is 0 Å². The average Bonchev–Trinajstić information content (AvgIpc) is 2.87. The normalized spacial score (nSPS) is 10.8. The molecule has 0 bridgehead atoms. The summed E-state index contributed by atoms with van der Waals surface area (Å²) in [7, 11) is 0. The van der Waals surface area contributed by atoms with Gasteiger partial charge in [-0.2, -0.15) is 0 Å². The van der Waals surface area contributed by atoms with Crippen LogP contribution in [0.25, 0.3) is 0 Å². The summed E-state index contributed by atoms with van der Waals surface area (Å²) in [5.41, 5.74) is 10.5. The van der Waals surface area contributed by atoms with Gasteiger partial charge >= 0.3 is 16.8 Å². The van der Waals surface area contributed by atoms with Crippen molar-refractivity contribution in [1.82, 2.24) is 10.3 Å². The molecule has 0 aliphatic rings. The van der Waals surface area contributed by atoms with Crippen molar-refractivity contribution in [2.24, 2.45) is 0 Å². The van der Waals surface area contributed by atoms with E-state index in [1.165, 1.54) is 39.2 Å². The molecule has 40 heavy (non-hydrogen) atoms. The number of halogens is 2. The van der Waals surface area contributed by atoms with E-state index in [1.807, 2.05) is 12.3 Å². The fourth-order valence-corrected chi connectivity index (χ4v) is 4.97. The number of para-hydroxylation sites is 2. The molecule has 0 saturated heterocycles. The predicted octanol–water partition coefficient (Wildman–Crippen LogP) is 2.39. The van der Waals surface area contributed by atoms with Crippen LogP contribution in [-0.4, -0.2) is 18.1 Å². The van der Waals surface area contributed by atoms with Gasteiger partial charge in [-0.15, -0.1) is 0 Å². The topological polar surface area (TPSA) is 49.0 Å². The fourth-order valence-electron chi connectivity index (χ4n) is 4.97. The molecule has 0 saturated carbocycles. The van der Waals surface area contributed by atoms with Crippen molar-refractivity contribution < 1.29 is 41.6 Å². The van der Waals surface area contributed by atoms with Crippen LogP contribution in [0.1, 0.15) is 113 Å². The van der Waals surface area contributed by atoms with Gasteiger partial charge < -0.3 is 40.8 Å². The van der Waals surface area contributed by atoms with Crippen molar-refractivity contribution in [3.8, 4) is 0 Å². The van der Waals surface area contributed by atoms with Gasteiger partial charge in [-0.25, -0.2) is 0 Å². The summed E-state index contributed by atoms with van der Waals surface area (Å²) in [5, 5.41) is 11.1. The monoisotopic (exact) mass is 629 g/mol. The Bertz CT molecular complexity index is 1100. The summed E-state index contributed by atoms with van der Waals surface area (Å²) < 4.78 is 0.